The van der Waals surface area contributed by atoms with Gasteiger partial charge in [0.05, 0.1) is 13.0 Å². The molecule has 0 radical (unpaired) electrons. The fraction of sp³-hybridized carbons (Fsp3) is 0.167. The van der Waals surface area contributed by atoms with Crippen LogP contribution in [0.3, 0.4) is 0 Å². The van der Waals surface area contributed by atoms with Crippen LogP contribution >= 0.6 is 11.3 Å². The quantitative estimate of drug-likeness (QED) is 0.448. The number of hydrogen-bond donors (Lipinski definition) is 1. The Balaban J connectivity index is 1.43. The molecule has 31 heavy (non-hydrogen) atoms. The van der Waals surface area contributed by atoms with Crippen molar-refractivity contribution in [3.05, 3.63) is 77.0 Å². The van der Waals surface area contributed by atoms with E-state index in [0.29, 0.717) is 6.01 Å². The lowest BCUT2D eigenvalue weighted by molar-refractivity contribution is -0.117. The molecule has 0 aliphatic carbocycles. The Morgan fingerprint density at radius 1 is 0.968 bits per heavy atom. The minimum atomic E-state index is -0.277. The van der Waals surface area contributed by atoms with E-state index in [4.69, 9.17) is 4.74 Å². The van der Waals surface area contributed by atoms with Gasteiger partial charge in [0.25, 0.3) is 0 Å². The number of aryl methyl sites for hydroxylation is 1. The predicted molar refractivity (Wildman–Crippen MR) is 123 cm³/mol. The van der Waals surface area contributed by atoms with Gasteiger partial charge in [-0.2, -0.15) is 0 Å². The second-order valence-electron chi connectivity index (χ2n) is 7.17. The highest BCUT2D eigenvalue weighted by Gasteiger charge is 2.18. The molecule has 6 nitrogen and oxygen atoms in total. The topological polar surface area (TPSA) is 77.0 Å². The molecule has 0 saturated heterocycles. The molecule has 0 spiro atoms. The second kappa shape index (κ2) is 9.06. The number of carbonyl (C=O) groups is 1. The highest BCUT2D eigenvalue weighted by atomic mass is 32.1. The van der Waals surface area contributed by atoms with Crippen molar-refractivity contribution in [2.24, 2.45) is 0 Å². The van der Waals surface area contributed by atoms with Crippen LogP contribution in [0.25, 0.3) is 22.3 Å². The Bertz CT molecular complexity index is 1190. The number of anilines is 1. The van der Waals surface area contributed by atoms with Crippen molar-refractivity contribution in [1.29, 1.82) is 0 Å². The van der Waals surface area contributed by atoms with Gasteiger partial charge >= 0.3 is 6.01 Å². The number of nitrogens with one attached hydrogen (secondary N) is 1. The molecule has 1 unspecified atom stereocenters. The number of thiophene rings is 1. The molecular formula is C24H22N4O2S. The summed E-state index contributed by atoms with van der Waals surface area (Å²) in [6.45, 7) is 3.88. The first kappa shape index (κ1) is 20.7. The molecule has 4 aromatic rings. The third-order valence-corrected chi connectivity index (χ3v) is 6.08. The summed E-state index contributed by atoms with van der Waals surface area (Å²) < 4.78 is 5.00. The van der Waals surface area contributed by atoms with Crippen LogP contribution in [0, 0.1) is 6.92 Å². The third kappa shape index (κ3) is 4.78. The van der Waals surface area contributed by atoms with Crippen molar-refractivity contribution in [1.82, 2.24) is 15.0 Å². The van der Waals surface area contributed by atoms with Crippen molar-refractivity contribution in [3.8, 4) is 28.3 Å². The van der Waals surface area contributed by atoms with Gasteiger partial charge in [-0.1, -0.05) is 12.1 Å². The van der Waals surface area contributed by atoms with E-state index in [1.54, 1.807) is 29.9 Å². The fourth-order valence-electron chi connectivity index (χ4n) is 3.15. The second-order valence-corrected chi connectivity index (χ2v) is 8.11. The summed E-state index contributed by atoms with van der Waals surface area (Å²) in [4.78, 5) is 26.3. The number of carbonyl (C=O) groups excluding carboxylic acids is 1. The lowest BCUT2D eigenvalue weighted by Gasteiger charge is -2.11. The molecule has 0 aliphatic heterocycles. The van der Waals surface area contributed by atoms with Crippen LogP contribution < -0.4 is 10.1 Å². The van der Waals surface area contributed by atoms with E-state index < -0.39 is 0 Å². The average Bonchev–Trinajstić information content (AvgIpc) is 3.29. The molecule has 1 atom stereocenters. The number of methoxy groups -OCH3 is 1. The van der Waals surface area contributed by atoms with E-state index in [9.17, 15) is 4.79 Å². The highest BCUT2D eigenvalue weighted by Crippen LogP contribution is 2.31. The van der Waals surface area contributed by atoms with Gasteiger partial charge in [-0.15, -0.1) is 11.3 Å². The van der Waals surface area contributed by atoms with E-state index in [-0.39, 0.29) is 11.8 Å². The minimum absolute atomic E-state index is 0.0492. The summed E-state index contributed by atoms with van der Waals surface area (Å²) in [7, 11) is 1.53. The first-order valence-corrected chi connectivity index (χ1v) is 10.7. The summed E-state index contributed by atoms with van der Waals surface area (Å²) >= 11 is 1.55. The Morgan fingerprint density at radius 3 is 2.39 bits per heavy atom. The molecule has 1 aromatic carbocycles. The first-order valence-electron chi connectivity index (χ1n) is 9.82. The van der Waals surface area contributed by atoms with Crippen molar-refractivity contribution >= 4 is 22.9 Å². The van der Waals surface area contributed by atoms with Crippen molar-refractivity contribution in [2.45, 2.75) is 19.8 Å². The number of amides is 1. The summed E-state index contributed by atoms with van der Waals surface area (Å²) in [5, 5.41) is 5.02. The average molecular weight is 431 g/mol. The number of pyridine rings is 1. The Morgan fingerprint density at radius 2 is 1.71 bits per heavy atom. The maximum absolute atomic E-state index is 12.8. The molecule has 0 aliphatic rings. The number of aromatic nitrogens is 3. The van der Waals surface area contributed by atoms with Gasteiger partial charge in [0.2, 0.25) is 5.91 Å². The normalized spacial score (nSPS) is 11.7. The number of hydrogen-bond acceptors (Lipinski definition) is 6. The van der Waals surface area contributed by atoms with Crippen molar-refractivity contribution in [2.75, 3.05) is 12.4 Å². The van der Waals surface area contributed by atoms with E-state index >= 15 is 0 Å². The third-order valence-electron chi connectivity index (χ3n) is 4.97. The Hall–Kier alpha value is -3.58. The standard InChI is InChI=1S/C24H22N4O2S/c1-15-10-18(8-9-25-15)17-4-6-21(7-5-17)28-23(29)16(2)22-11-19(14-31-22)20-12-26-24(30-3)27-13-20/h4-14,16H,1-3H3,(H,28,29). The molecular weight excluding hydrogens is 408 g/mol. The lowest BCUT2D eigenvalue weighted by Crippen LogP contribution is -2.18. The fourth-order valence-corrected chi connectivity index (χ4v) is 4.13. The van der Waals surface area contributed by atoms with Gasteiger partial charge in [-0.25, -0.2) is 9.97 Å². The highest BCUT2D eigenvalue weighted by molar-refractivity contribution is 7.10. The van der Waals surface area contributed by atoms with Crippen molar-refractivity contribution in [3.63, 3.8) is 0 Å². The summed E-state index contributed by atoms with van der Waals surface area (Å²) in [5.41, 5.74) is 5.80. The first-order chi connectivity index (χ1) is 15.0. The van der Waals surface area contributed by atoms with Gasteiger partial charge in [0.15, 0.2) is 0 Å². The smallest absolute Gasteiger partial charge is 0.316 e. The monoisotopic (exact) mass is 430 g/mol. The maximum Gasteiger partial charge on any atom is 0.316 e. The molecule has 0 fully saturated rings. The SMILES string of the molecule is COc1ncc(-c2csc(C(C)C(=O)Nc3ccc(-c4ccnc(C)c4)cc3)c2)cn1. The summed E-state index contributed by atoms with van der Waals surface area (Å²) in [6, 6.07) is 14.2. The number of ether oxygens (including phenoxy) is 1. The van der Waals surface area contributed by atoms with Crippen molar-refractivity contribution < 1.29 is 9.53 Å². The predicted octanol–water partition coefficient (Wildman–Crippen LogP) is 5.33. The largest absolute Gasteiger partial charge is 0.467 e. The minimum Gasteiger partial charge on any atom is -0.467 e. The molecule has 0 bridgehead atoms. The van der Waals surface area contributed by atoms with Crippen LogP contribution in [0.4, 0.5) is 5.69 Å². The molecule has 4 rings (SSSR count). The van der Waals surface area contributed by atoms with Gasteiger partial charge < -0.3 is 10.1 Å². The summed E-state index contributed by atoms with van der Waals surface area (Å²) in [6.07, 6.45) is 5.23. The van der Waals surface area contributed by atoms with Crippen LogP contribution in [0.5, 0.6) is 6.01 Å². The zero-order valence-corrected chi connectivity index (χ0v) is 18.3. The Kier molecular flexibility index (Phi) is 6.04. The zero-order valence-electron chi connectivity index (χ0n) is 17.5. The molecule has 1 amide bonds. The van der Waals surface area contributed by atoms with Crippen LogP contribution in [0.15, 0.2) is 66.4 Å². The van der Waals surface area contributed by atoms with Gasteiger partial charge in [0.1, 0.15) is 0 Å². The van der Waals surface area contributed by atoms with E-state index in [1.165, 1.54) is 7.11 Å². The Labute approximate surface area is 185 Å². The molecule has 3 aromatic heterocycles. The summed E-state index contributed by atoms with van der Waals surface area (Å²) in [5.74, 6) is -0.327. The number of rotatable bonds is 6. The van der Waals surface area contributed by atoms with Crippen LogP contribution in [0.1, 0.15) is 23.4 Å². The van der Waals surface area contributed by atoms with E-state index in [1.807, 2.05) is 61.7 Å². The maximum atomic E-state index is 12.8. The molecule has 0 saturated carbocycles. The van der Waals surface area contributed by atoms with Gasteiger partial charge in [-0.3, -0.25) is 9.78 Å². The lowest BCUT2D eigenvalue weighted by atomic mass is 10.0. The molecule has 156 valence electrons. The van der Waals surface area contributed by atoms with Crippen LogP contribution in [0.2, 0.25) is 0 Å². The van der Waals surface area contributed by atoms with E-state index in [2.05, 4.69) is 20.3 Å². The molecule has 3 heterocycles. The molecule has 7 heteroatoms. The van der Waals surface area contributed by atoms with Crippen LogP contribution in [-0.4, -0.2) is 28.0 Å². The number of benzene rings is 1. The van der Waals surface area contributed by atoms with Gasteiger partial charge in [-0.05, 0) is 66.2 Å². The molecule has 1 N–H and O–H groups in total. The number of nitrogens with zero attached hydrogens (tertiary/aromatic N) is 3. The van der Waals surface area contributed by atoms with E-state index in [0.717, 1.165) is 38.5 Å². The van der Waals surface area contributed by atoms with Gasteiger partial charge in [0, 0.05) is 40.4 Å². The van der Waals surface area contributed by atoms with Crippen LogP contribution in [-0.2, 0) is 4.79 Å². The zero-order chi connectivity index (χ0) is 21.8.